The molecule has 1 aliphatic heterocycles. The Morgan fingerprint density at radius 2 is 2.15 bits per heavy atom. The third kappa shape index (κ3) is 2.87. The highest BCUT2D eigenvalue weighted by molar-refractivity contribution is 7.08. The summed E-state index contributed by atoms with van der Waals surface area (Å²) in [6.07, 6.45) is -0.0447. The average molecular weight is 379 g/mol. The van der Waals surface area contributed by atoms with E-state index >= 15 is 0 Å². The zero-order valence-corrected chi connectivity index (χ0v) is 15.7. The first-order valence-corrected chi connectivity index (χ1v) is 9.61. The van der Waals surface area contributed by atoms with Crippen LogP contribution in [0.5, 0.6) is 0 Å². The summed E-state index contributed by atoms with van der Waals surface area (Å²) in [5.41, 5.74) is 6.03. The standard InChI is InChI=1S/C19H17N5O2S/c1-11-3-4-14(12(2)7-11)16-8-24-15(9-25-16)17(21-23-24)19-20-18(22-26-19)13-5-6-27-10-13/h3-7,10,16H,8-9H2,1-2H3/t16-/m1/s1. The summed E-state index contributed by atoms with van der Waals surface area (Å²) in [5, 5.41) is 16.6. The zero-order valence-electron chi connectivity index (χ0n) is 14.9. The van der Waals surface area contributed by atoms with Gasteiger partial charge in [-0.1, -0.05) is 34.1 Å². The van der Waals surface area contributed by atoms with Crippen molar-refractivity contribution in [1.29, 1.82) is 0 Å². The molecule has 0 spiro atoms. The molecule has 0 unspecified atom stereocenters. The summed E-state index contributed by atoms with van der Waals surface area (Å²) in [6.45, 7) is 5.21. The summed E-state index contributed by atoms with van der Waals surface area (Å²) in [5.74, 6) is 0.920. The van der Waals surface area contributed by atoms with Crippen LogP contribution in [0.2, 0.25) is 0 Å². The van der Waals surface area contributed by atoms with Crippen molar-refractivity contribution in [2.24, 2.45) is 0 Å². The first-order chi connectivity index (χ1) is 13.2. The normalized spacial score (nSPS) is 16.4. The Bertz CT molecular complexity index is 1100. The van der Waals surface area contributed by atoms with Gasteiger partial charge in [-0.2, -0.15) is 16.3 Å². The topological polar surface area (TPSA) is 78.9 Å². The molecule has 1 aromatic carbocycles. The maximum atomic E-state index is 6.12. The molecule has 5 rings (SSSR count). The van der Waals surface area contributed by atoms with Crippen molar-refractivity contribution in [1.82, 2.24) is 25.1 Å². The number of nitrogens with zero attached hydrogens (tertiary/aromatic N) is 5. The molecule has 0 bridgehead atoms. The fraction of sp³-hybridized carbons (Fsp3) is 0.263. The summed E-state index contributed by atoms with van der Waals surface area (Å²) in [4.78, 5) is 4.46. The highest BCUT2D eigenvalue weighted by Gasteiger charge is 2.28. The number of aryl methyl sites for hydroxylation is 2. The lowest BCUT2D eigenvalue weighted by atomic mass is 10.0. The van der Waals surface area contributed by atoms with Crippen LogP contribution in [-0.4, -0.2) is 25.1 Å². The Kier molecular flexibility index (Phi) is 3.87. The number of thiophene rings is 1. The number of benzene rings is 1. The monoisotopic (exact) mass is 379 g/mol. The Labute approximate surface area is 159 Å². The van der Waals surface area contributed by atoms with Gasteiger partial charge >= 0.3 is 0 Å². The van der Waals surface area contributed by atoms with Crippen LogP contribution >= 0.6 is 11.3 Å². The number of rotatable bonds is 3. The minimum Gasteiger partial charge on any atom is -0.365 e. The molecule has 0 saturated heterocycles. The Morgan fingerprint density at radius 1 is 1.22 bits per heavy atom. The molecule has 4 heterocycles. The van der Waals surface area contributed by atoms with Crippen LogP contribution in [0.15, 0.2) is 39.5 Å². The van der Waals surface area contributed by atoms with Crippen molar-refractivity contribution in [2.75, 3.05) is 0 Å². The number of aromatic nitrogens is 5. The summed E-state index contributed by atoms with van der Waals surface area (Å²) < 4.78 is 13.4. The van der Waals surface area contributed by atoms with E-state index in [1.54, 1.807) is 11.3 Å². The van der Waals surface area contributed by atoms with Gasteiger partial charge in [-0.05, 0) is 36.4 Å². The first kappa shape index (κ1) is 16.3. The molecule has 0 aliphatic carbocycles. The van der Waals surface area contributed by atoms with Crippen molar-refractivity contribution in [2.45, 2.75) is 33.1 Å². The van der Waals surface area contributed by atoms with Crippen LogP contribution in [0.4, 0.5) is 0 Å². The quantitative estimate of drug-likeness (QED) is 0.536. The number of hydrogen-bond acceptors (Lipinski definition) is 7. The van der Waals surface area contributed by atoms with Gasteiger partial charge in [0, 0.05) is 10.9 Å². The maximum absolute atomic E-state index is 6.12. The molecule has 3 aromatic heterocycles. The zero-order chi connectivity index (χ0) is 18.4. The van der Waals surface area contributed by atoms with Crippen LogP contribution in [0, 0.1) is 13.8 Å². The van der Waals surface area contributed by atoms with E-state index in [-0.39, 0.29) is 6.10 Å². The minimum absolute atomic E-state index is 0.0447. The molecule has 1 atom stereocenters. The van der Waals surface area contributed by atoms with Crippen molar-refractivity contribution in [3.05, 3.63) is 57.4 Å². The minimum atomic E-state index is -0.0447. The number of ether oxygens (including phenoxy) is 1. The van der Waals surface area contributed by atoms with E-state index in [2.05, 4.69) is 52.5 Å². The van der Waals surface area contributed by atoms with Gasteiger partial charge in [0.15, 0.2) is 5.69 Å². The smallest absolute Gasteiger partial charge is 0.280 e. The fourth-order valence-electron chi connectivity index (χ4n) is 3.38. The number of fused-ring (bicyclic) bond motifs is 1. The van der Waals surface area contributed by atoms with Crippen LogP contribution in [0.25, 0.3) is 23.0 Å². The van der Waals surface area contributed by atoms with E-state index in [0.29, 0.717) is 30.6 Å². The molecule has 0 saturated carbocycles. The SMILES string of the molecule is Cc1ccc([C@H]2Cn3nnc(-c4nc(-c5ccsc5)no4)c3CO2)c(C)c1. The summed E-state index contributed by atoms with van der Waals surface area (Å²) in [6, 6.07) is 8.37. The molecule has 0 radical (unpaired) electrons. The second-order valence-electron chi connectivity index (χ2n) is 6.66. The predicted octanol–water partition coefficient (Wildman–Crippen LogP) is 3.94. The third-order valence-electron chi connectivity index (χ3n) is 4.78. The van der Waals surface area contributed by atoms with Crippen LogP contribution in [0.3, 0.4) is 0 Å². The molecular formula is C19H17N5O2S. The van der Waals surface area contributed by atoms with Crippen LogP contribution in [-0.2, 0) is 17.9 Å². The third-order valence-corrected chi connectivity index (χ3v) is 5.46. The van der Waals surface area contributed by atoms with Gasteiger partial charge in [-0.15, -0.1) is 5.10 Å². The summed E-state index contributed by atoms with van der Waals surface area (Å²) >= 11 is 1.59. The Hall–Kier alpha value is -2.84. The molecule has 4 aromatic rings. The van der Waals surface area contributed by atoms with Gasteiger partial charge in [-0.25, -0.2) is 4.68 Å². The van der Waals surface area contributed by atoms with Crippen LogP contribution < -0.4 is 0 Å². The second-order valence-corrected chi connectivity index (χ2v) is 7.44. The van der Waals surface area contributed by atoms with Gasteiger partial charge in [0.1, 0.15) is 6.10 Å². The van der Waals surface area contributed by atoms with E-state index in [9.17, 15) is 0 Å². The maximum Gasteiger partial charge on any atom is 0.280 e. The molecule has 1 aliphatic rings. The van der Waals surface area contributed by atoms with E-state index in [1.165, 1.54) is 16.7 Å². The van der Waals surface area contributed by atoms with E-state index in [1.807, 2.05) is 21.5 Å². The molecule has 136 valence electrons. The van der Waals surface area contributed by atoms with E-state index in [0.717, 1.165) is 11.3 Å². The molecule has 7 nitrogen and oxygen atoms in total. The lowest BCUT2D eigenvalue weighted by Gasteiger charge is -2.25. The van der Waals surface area contributed by atoms with Gasteiger partial charge in [-0.3, -0.25) is 0 Å². The predicted molar refractivity (Wildman–Crippen MR) is 100 cm³/mol. The lowest BCUT2D eigenvalue weighted by molar-refractivity contribution is -0.00153. The van der Waals surface area contributed by atoms with Gasteiger partial charge in [0.05, 0.1) is 18.8 Å². The van der Waals surface area contributed by atoms with Crippen molar-refractivity contribution in [3.63, 3.8) is 0 Å². The van der Waals surface area contributed by atoms with E-state index in [4.69, 9.17) is 9.26 Å². The first-order valence-electron chi connectivity index (χ1n) is 8.67. The lowest BCUT2D eigenvalue weighted by Crippen LogP contribution is -2.22. The average Bonchev–Trinajstić information content (AvgIpc) is 3.40. The molecule has 27 heavy (non-hydrogen) atoms. The van der Waals surface area contributed by atoms with Gasteiger partial charge in [0.2, 0.25) is 5.82 Å². The van der Waals surface area contributed by atoms with E-state index < -0.39 is 0 Å². The molecule has 0 fully saturated rings. The van der Waals surface area contributed by atoms with Crippen molar-refractivity contribution in [3.8, 4) is 23.0 Å². The Morgan fingerprint density at radius 3 is 2.96 bits per heavy atom. The molecule has 0 amide bonds. The highest BCUT2D eigenvalue weighted by atomic mass is 32.1. The van der Waals surface area contributed by atoms with Crippen molar-refractivity contribution < 1.29 is 9.26 Å². The second kappa shape index (κ2) is 6.40. The highest BCUT2D eigenvalue weighted by Crippen LogP contribution is 2.32. The van der Waals surface area contributed by atoms with Gasteiger partial charge in [0.25, 0.3) is 5.89 Å². The van der Waals surface area contributed by atoms with Crippen LogP contribution in [0.1, 0.15) is 28.5 Å². The Balaban J connectivity index is 1.43. The van der Waals surface area contributed by atoms with Gasteiger partial charge < -0.3 is 9.26 Å². The molecule has 0 N–H and O–H groups in total. The fourth-order valence-corrected chi connectivity index (χ4v) is 4.02. The number of hydrogen-bond donors (Lipinski definition) is 0. The van der Waals surface area contributed by atoms with Crippen molar-refractivity contribution >= 4 is 11.3 Å². The largest absolute Gasteiger partial charge is 0.365 e. The molecule has 8 heteroatoms. The summed E-state index contributed by atoms with van der Waals surface area (Å²) in [7, 11) is 0. The molecular weight excluding hydrogens is 362 g/mol.